The van der Waals surface area contributed by atoms with Crippen LogP contribution in [0.5, 0.6) is 11.5 Å². The molecule has 0 aliphatic heterocycles. The summed E-state index contributed by atoms with van der Waals surface area (Å²) in [7, 11) is 1.66. The highest BCUT2D eigenvalue weighted by atomic mass is 16.5. The molecule has 5 heteroatoms. The Labute approximate surface area is 142 Å². The number of carbonyl (C=O) groups is 1. The third-order valence-corrected chi connectivity index (χ3v) is 3.62. The highest BCUT2D eigenvalue weighted by molar-refractivity contribution is 5.82. The average Bonchev–Trinajstić information content (AvgIpc) is 2.57. The summed E-state index contributed by atoms with van der Waals surface area (Å²) in [5.41, 5.74) is 5.60. The van der Waals surface area contributed by atoms with Gasteiger partial charge >= 0.3 is 0 Å². The van der Waals surface area contributed by atoms with Crippen molar-refractivity contribution in [2.24, 2.45) is 5.10 Å². The van der Waals surface area contributed by atoms with Crippen LogP contribution in [0.15, 0.2) is 47.6 Å². The molecule has 0 aromatic heterocycles. The Morgan fingerprint density at radius 3 is 2.67 bits per heavy atom. The van der Waals surface area contributed by atoms with Gasteiger partial charge in [0.15, 0.2) is 0 Å². The molecule has 0 saturated heterocycles. The molecule has 2 rings (SSSR count). The van der Waals surface area contributed by atoms with Gasteiger partial charge in [-0.1, -0.05) is 12.1 Å². The topological polar surface area (TPSA) is 70.9 Å². The second-order valence-corrected chi connectivity index (χ2v) is 5.54. The number of benzene rings is 2. The zero-order chi connectivity index (χ0) is 17.4. The van der Waals surface area contributed by atoms with Crippen LogP contribution in [0, 0.1) is 6.92 Å². The Kier molecular flexibility index (Phi) is 6.37. The van der Waals surface area contributed by atoms with Crippen molar-refractivity contribution >= 4 is 12.1 Å². The third kappa shape index (κ3) is 5.43. The maximum absolute atomic E-state index is 11.8. The number of nitrogens with zero attached hydrogens (tertiary/aromatic N) is 1. The fraction of sp³-hybridized carbons (Fsp3) is 0.263. The van der Waals surface area contributed by atoms with E-state index in [1.165, 1.54) is 5.56 Å². The van der Waals surface area contributed by atoms with Crippen molar-refractivity contribution < 1.29 is 14.6 Å². The van der Waals surface area contributed by atoms with Gasteiger partial charge in [-0.2, -0.15) is 5.10 Å². The van der Waals surface area contributed by atoms with Crippen LogP contribution in [-0.4, -0.2) is 24.3 Å². The molecule has 24 heavy (non-hydrogen) atoms. The lowest BCUT2D eigenvalue weighted by atomic mass is 10.1. The number of hydrazone groups is 1. The molecule has 2 aromatic rings. The molecule has 0 spiro atoms. The van der Waals surface area contributed by atoms with Crippen LogP contribution < -0.4 is 10.2 Å². The Hall–Kier alpha value is -2.82. The number of carbonyl (C=O) groups excluding carboxylic acids is 1. The summed E-state index contributed by atoms with van der Waals surface area (Å²) >= 11 is 0. The molecule has 126 valence electrons. The Morgan fingerprint density at radius 1 is 1.25 bits per heavy atom. The number of amides is 1. The molecule has 0 atom stereocenters. The number of hydrogen-bond donors (Lipinski definition) is 2. The fourth-order valence-corrected chi connectivity index (χ4v) is 2.34. The van der Waals surface area contributed by atoms with E-state index in [0.717, 1.165) is 29.7 Å². The Bertz CT molecular complexity index is 709. The van der Waals surface area contributed by atoms with E-state index in [4.69, 9.17) is 4.74 Å². The zero-order valence-corrected chi connectivity index (χ0v) is 14.0. The van der Waals surface area contributed by atoms with Gasteiger partial charge in [0.1, 0.15) is 11.5 Å². The molecule has 0 aliphatic rings. The van der Waals surface area contributed by atoms with Gasteiger partial charge in [0.2, 0.25) is 5.91 Å². The van der Waals surface area contributed by atoms with E-state index in [2.05, 4.69) is 16.6 Å². The SMILES string of the molecule is COc1ccc(CCCC(=O)N/N=C\c2ccc(O)cc2)cc1C. The van der Waals surface area contributed by atoms with Gasteiger partial charge in [-0.15, -0.1) is 0 Å². The van der Waals surface area contributed by atoms with E-state index >= 15 is 0 Å². The summed E-state index contributed by atoms with van der Waals surface area (Å²) in [6.45, 7) is 2.01. The van der Waals surface area contributed by atoms with E-state index < -0.39 is 0 Å². The molecule has 2 N–H and O–H groups in total. The van der Waals surface area contributed by atoms with E-state index in [1.54, 1.807) is 37.6 Å². The van der Waals surface area contributed by atoms with E-state index in [0.29, 0.717) is 6.42 Å². The number of hydrogen-bond acceptors (Lipinski definition) is 4. The number of nitrogens with one attached hydrogen (secondary N) is 1. The van der Waals surface area contributed by atoms with E-state index in [1.807, 2.05) is 19.1 Å². The molecule has 0 fully saturated rings. The predicted molar refractivity (Wildman–Crippen MR) is 94.5 cm³/mol. The number of phenols is 1. The summed E-state index contributed by atoms with van der Waals surface area (Å²) in [5, 5.41) is 13.1. The van der Waals surface area contributed by atoms with Crippen molar-refractivity contribution in [3.8, 4) is 11.5 Å². The number of phenolic OH excluding ortho intramolecular Hbond substituents is 1. The van der Waals surface area contributed by atoms with Gasteiger partial charge in [-0.25, -0.2) is 5.43 Å². The van der Waals surface area contributed by atoms with E-state index in [9.17, 15) is 9.90 Å². The quantitative estimate of drug-likeness (QED) is 0.606. The van der Waals surface area contributed by atoms with Crippen LogP contribution >= 0.6 is 0 Å². The molecule has 1 amide bonds. The summed E-state index contributed by atoms with van der Waals surface area (Å²) in [6, 6.07) is 12.6. The summed E-state index contributed by atoms with van der Waals surface area (Å²) in [4.78, 5) is 11.8. The van der Waals surface area contributed by atoms with Gasteiger partial charge in [0.05, 0.1) is 13.3 Å². The van der Waals surface area contributed by atoms with Gasteiger partial charge < -0.3 is 9.84 Å². The first-order chi connectivity index (χ1) is 11.6. The lowest BCUT2D eigenvalue weighted by Gasteiger charge is -2.07. The van der Waals surface area contributed by atoms with Crippen LogP contribution in [0.25, 0.3) is 0 Å². The van der Waals surface area contributed by atoms with Gasteiger partial charge in [0.25, 0.3) is 0 Å². The van der Waals surface area contributed by atoms with Crippen molar-refractivity contribution in [1.82, 2.24) is 5.43 Å². The molecule has 5 nitrogen and oxygen atoms in total. The number of aromatic hydroxyl groups is 1. The number of aryl methyl sites for hydroxylation is 2. The van der Waals surface area contributed by atoms with Crippen LogP contribution in [0.1, 0.15) is 29.5 Å². The summed E-state index contributed by atoms with van der Waals surface area (Å²) in [6.07, 6.45) is 3.55. The maximum atomic E-state index is 11.8. The van der Waals surface area contributed by atoms with Crippen LogP contribution in [0.3, 0.4) is 0 Å². The smallest absolute Gasteiger partial charge is 0.240 e. The lowest BCUT2D eigenvalue weighted by molar-refractivity contribution is -0.121. The average molecular weight is 326 g/mol. The minimum absolute atomic E-state index is 0.115. The van der Waals surface area contributed by atoms with E-state index in [-0.39, 0.29) is 11.7 Å². The molecule has 0 radical (unpaired) electrons. The van der Waals surface area contributed by atoms with Crippen LogP contribution in [-0.2, 0) is 11.2 Å². The summed E-state index contributed by atoms with van der Waals surface area (Å²) < 4.78 is 5.24. The second-order valence-electron chi connectivity index (χ2n) is 5.54. The van der Waals surface area contributed by atoms with Crippen molar-refractivity contribution in [3.63, 3.8) is 0 Å². The van der Waals surface area contributed by atoms with Crippen molar-refractivity contribution in [1.29, 1.82) is 0 Å². The maximum Gasteiger partial charge on any atom is 0.240 e. The number of rotatable bonds is 7. The van der Waals surface area contributed by atoms with Crippen molar-refractivity contribution in [3.05, 3.63) is 59.2 Å². The second kappa shape index (κ2) is 8.72. The summed E-state index contributed by atoms with van der Waals surface area (Å²) in [5.74, 6) is 0.959. The lowest BCUT2D eigenvalue weighted by Crippen LogP contribution is -2.17. The number of ether oxygens (including phenoxy) is 1. The normalized spacial score (nSPS) is 10.8. The molecular weight excluding hydrogens is 304 g/mol. The first kappa shape index (κ1) is 17.5. The molecule has 0 bridgehead atoms. The highest BCUT2D eigenvalue weighted by Gasteiger charge is 2.03. The molecule has 2 aromatic carbocycles. The molecule has 0 unspecified atom stereocenters. The van der Waals surface area contributed by atoms with Gasteiger partial charge in [-0.05, 0) is 66.8 Å². The number of methoxy groups -OCH3 is 1. The van der Waals surface area contributed by atoms with Crippen LogP contribution in [0.4, 0.5) is 0 Å². The van der Waals surface area contributed by atoms with Crippen molar-refractivity contribution in [2.45, 2.75) is 26.2 Å². The molecule has 0 heterocycles. The first-order valence-electron chi connectivity index (χ1n) is 7.83. The zero-order valence-electron chi connectivity index (χ0n) is 14.0. The first-order valence-corrected chi connectivity index (χ1v) is 7.83. The minimum Gasteiger partial charge on any atom is -0.508 e. The van der Waals surface area contributed by atoms with Crippen LogP contribution in [0.2, 0.25) is 0 Å². The Morgan fingerprint density at radius 2 is 2.00 bits per heavy atom. The van der Waals surface area contributed by atoms with Gasteiger partial charge in [0, 0.05) is 6.42 Å². The predicted octanol–water partition coefficient (Wildman–Crippen LogP) is 3.18. The molecule has 0 aliphatic carbocycles. The molecular formula is C19H22N2O3. The largest absolute Gasteiger partial charge is 0.508 e. The van der Waals surface area contributed by atoms with Gasteiger partial charge in [-0.3, -0.25) is 4.79 Å². The van der Waals surface area contributed by atoms with Crippen molar-refractivity contribution in [2.75, 3.05) is 7.11 Å². The standard InChI is InChI=1S/C19H22N2O3/c1-14-12-15(8-11-18(14)24-2)4-3-5-19(23)21-20-13-16-6-9-17(22)10-7-16/h6-13,22H,3-5H2,1-2H3,(H,21,23)/b20-13-. The monoisotopic (exact) mass is 326 g/mol. The molecule has 0 saturated carbocycles. The fourth-order valence-electron chi connectivity index (χ4n) is 2.34. The Balaban J connectivity index is 1.73. The minimum atomic E-state index is -0.115. The third-order valence-electron chi connectivity index (χ3n) is 3.62. The highest BCUT2D eigenvalue weighted by Crippen LogP contribution is 2.19.